The van der Waals surface area contributed by atoms with Gasteiger partial charge in [0.15, 0.2) is 0 Å². The maximum absolute atomic E-state index is 11.6. The van der Waals surface area contributed by atoms with Crippen LogP contribution in [0.25, 0.3) is 0 Å². The van der Waals surface area contributed by atoms with E-state index in [-0.39, 0.29) is 6.03 Å². The van der Waals surface area contributed by atoms with Crippen molar-refractivity contribution < 1.29 is 4.79 Å². The van der Waals surface area contributed by atoms with E-state index in [1.54, 1.807) is 12.1 Å². The van der Waals surface area contributed by atoms with E-state index in [1.165, 1.54) is 6.20 Å². The van der Waals surface area contributed by atoms with Crippen LogP contribution in [0.2, 0.25) is 0 Å². The van der Waals surface area contributed by atoms with Crippen LogP contribution >= 0.6 is 0 Å². The number of urea groups is 1. The number of amides is 2. The van der Waals surface area contributed by atoms with Gasteiger partial charge >= 0.3 is 6.03 Å². The van der Waals surface area contributed by atoms with E-state index in [0.717, 1.165) is 5.69 Å². The minimum Gasteiger partial charge on any atom is -0.368 e. The number of para-hydroxylation sites is 1. The number of nitrogens with one attached hydrogen (secondary N) is 3. The summed E-state index contributed by atoms with van der Waals surface area (Å²) in [5, 5.41) is 17.2. The molecule has 0 unspecified atom stereocenters. The maximum Gasteiger partial charge on any atom is 0.319 e. The number of hydrogen-bond donors (Lipinski definition) is 3. The predicted octanol–water partition coefficient (Wildman–Crippen LogP) is 2.19. The molecular weight excluding hydrogens is 266 g/mol. The normalized spacial score (nSPS) is 9.48. The number of carbonyl (C=O) groups excluding carboxylic acids is 1. The molecule has 0 saturated carbocycles. The van der Waals surface area contributed by atoms with Gasteiger partial charge in [0, 0.05) is 25.0 Å². The monoisotopic (exact) mass is 281 g/mol. The summed E-state index contributed by atoms with van der Waals surface area (Å²) in [5.41, 5.74) is 1.26. The van der Waals surface area contributed by atoms with Crippen molar-refractivity contribution in [3.8, 4) is 6.07 Å². The zero-order valence-electron chi connectivity index (χ0n) is 11.3. The van der Waals surface area contributed by atoms with E-state index in [9.17, 15) is 4.79 Å². The lowest BCUT2D eigenvalue weighted by Gasteiger charge is -2.08. The molecule has 0 aliphatic heterocycles. The number of aromatic nitrogens is 1. The quantitative estimate of drug-likeness (QED) is 0.733. The Hall–Kier alpha value is -3.07. The Kier molecular flexibility index (Phi) is 5.12. The third-order valence-electron chi connectivity index (χ3n) is 2.64. The van der Waals surface area contributed by atoms with Gasteiger partial charge in [-0.25, -0.2) is 9.78 Å². The highest BCUT2D eigenvalue weighted by Gasteiger charge is 2.00. The van der Waals surface area contributed by atoms with Gasteiger partial charge in [0.25, 0.3) is 0 Å². The Bertz CT molecular complexity index is 619. The van der Waals surface area contributed by atoms with Crippen LogP contribution in [0, 0.1) is 11.3 Å². The summed E-state index contributed by atoms with van der Waals surface area (Å²) in [6.07, 6.45) is 1.50. The summed E-state index contributed by atoms with van der Waals surface area (Å²) in [4.78, 5) is 15.7. The van der Waals surface area contributed by atoms with Gasteiger partial charge in [0.1, 0.15) is 11.9 Å². The largest absolute Gasteiger partial charge is 0.368 e. The van der Waals surface area contributed by atoms with Crippen molar-refractivity contribution in [2.75, 3.05) is 23.7 Å². The van der Waals surface area contributed by atoms with Gasteiger partial charge < -0.3 is 16.0 Å². The van der Waals surface area contributed by atoms with E-state index in [4.69, 9.17) is 5.26 Å². The predicted molar refractivity (Wildman–Crippen MR) is 80.9 cm³/mol. The number of nitriles is 1. The third kappa shape index (κ3) is 4.84. The van der Waals surface area contributed by atoms with Gasteiger partial charge in [-0.1, -0.05) is 18.2 Å². The van der Waals surface area contributed by atoms with Crippen LogP contribution in [0.3, 0.4) is 0 Å². The Morgan fingerprint density at radius 1 is 1.14 bits per heavy atom. The van der Waals surface area contributed by atoms with Crippen molar-refractivity contribution in [2.24, 2.45) is 0 Å². The minimum absolute atomic E-state index is 0.254. The molecule has 1 aromatic heterocycles. The summed E-state index contributed by atoms with van der Waals surface area (Å²) >= 11 is 0. The molecule has 106 valence electrons. The average Bonchev–Trinajstić information content (AvgIpc) is 2.53. The molecule has 3 N–H and O–H groups in total. The van der Waals surface area contributed by atoms with E-state index in [0.29, 0.717) is 24.5 Å². The first kappa shape index (κ1) is 14.3. The van der Waals surface area contributed by atoms with E-state index in [2.05, 4.69) is 20.9 Å². The van der Waals surface area contributed by atoms with Gasteiger partial charge in [0.2, 0.25) is 0 Å². The van der Waals surface area contributed by atoms with Crippen LogP contribution in [0.15, 0.2) is 48.7 Å². The second kappa shape index (κ2) is 7.50. The highest BCUT2D eigenvalue weighted by atomic mass is 16.2. The standard InChI is InChI=1S/C15H15N5O/c16-10-12-6-7-14(19-11-12)17-8-9-18-15(21)20-13-4-2-1-3-5-13/h1-7,11H,8-9H2,(H,17,19)(H2,18,20,21). The Balaban J connectivity index is 1.67. The first-order valence-electron chi connectivity index (χ1n) is 6.48. The molecule has 21 heavy (non-hydrogen) atoms. The van der Waals surface area contributed by atoms with Gasteiger partial charge in [0.05, 0.1) is 5.56 Å². The summed E-state index contributed by atoms with van der Waals surface area (Å²) in [7, 11) is 0. The Morgan fingerprint density at radius 3 is 2.62 bits per heavy atom. The molecule has 0 radical (unpaired) electrons. The fraction of sp³-hybridized carbons (Fsp3) is 0.133. The Morgan fingerprint density at radius 2 is 1.95 bits per heavy atom. The molecule has 2 amide bonds. The highest BCUT2D eigenvalue weighted by Crippen LogP contribution is 2.04. The Labute approximate surface area is 122 Å². The summed E-state index contributed by atoms with van der Waals surface area (Å²) in [5.74, 6) is 0.666. The summed E-state index contributed by atoms with van der Waals surface area (Å²) in [6.45, 7) is 1.00. The average molecular weight is 281 g/mol. The SMILES string of the molecule is N#Cc1ccc(NCCNC(=O)Nc2ccccc2)nc1. The zero-order valence-corrected chi connectivity index (χ0v) is 11.3. The first-order valence-corrected chi connectivity index (χ1v) is 6.48. The van der Waals surface area contributed by atoms with Gasteiger partial charge in [-0.05, 0) is 24.3 Å². The van der Waals surface area contributed by atoms with E-state index < -0.39 is 0 Å². The fourth-order valence-electron chi connectivity index (χ4n) is 1.63. The molecule has 0 aliphatic rings. The number of rotatable bonds is 5. The molecule has 0 fully saturated rings. The molecule has 2 aromatic rings. The lowest BCUT2D eigenvalue weighted by Crippen LogP contribution is -2.32. The number of pyridine rings is 1. The van der Waals surface area contributed by atoms with Crippen LogP contribution in [-0.4, -0.2) is 24.1 Å². The smallest absolute Gasteiger partial charge is 0.319 e. The summed E-state index contributed by atoms with van der Waals surface area (Å²) < 4.78 is 0. The van der Waals surface area contributed by atoms with Crippen LogP contribution in [0.1, 0.15) is 5.56 Å². The second-order valence-electron chi connectivity index (χ2n) is 4.22. The molecule has 0 saturated heterocycles. The molecule has 1 aromatic carbocycles. The van der Waals surface area contributed by atoms with Crippen molar-refractivity contribution in [3.63, 3.8) is 0 Å². The molecule has 2 rings (SSSR count). The molecule has 0 atom stereocenters. The van der Waals surface area contributed by atoms with Crippen molar-refractivity contribution in [3.05, 3.63) is 54.2 Å². The zero-order chi connectivity index (χ0) is 14.9. The molecule has 0 spiro atoms. The van der Waals surface area contributed by atoms with Crippen molar-refractivity contribution in [1.82, 2.24) is 10.3 Å². The number of benzene rings is 1. The summed E-state index contributed by atoms with van der Waals surface area (Å²) in [6, 6.07) is 14.4. The number of carbonyl (C=O) groups is 1. The maximum atomic E-state index is 11.6. The van der Waals surface area contributed by atoms with Crippen LogP contribution < -0.4 is 16.0 Å². The number of nitrogens with zero attached hydrogens (tertiary/aromatic N) is 2. The van der Waals surface area contributed by atoms with Gasteiger partial charge in [-0.2, -0.15) is 5.26 Å². The molecule has 0 bridgehead atoms. The topological polar surface area (TPSA) is 89.8 Å². The lowest BCUT2D eigenvalue weighted by atomic mass is 10.3. The number of anilines is 2. The second-order valence-corrected chi connectivity index (χ2v) is 4.22. The fourth-order valence-corrected chi connectivity index (χ4v) is 1.63. The van der Waals surface area contributed by atoms with Crippen LogP contribution in [-0.2, 0) is 0 Å². The minimum atomic E-state index is -0.254. The highest BCUT2D eigenvalue weighted by molar-refractivity contribution is 5.89. The lowest BCUT2D eigenvalue weighted by molar-refractivity contribution is 0.252. The van der Waals surface area contributed by atoms with Crippen LogP contribution in [0.5, 0.6) is 0 Å². The molecule has 1 heterocycles. The van der Waals surface area contributed by atoms with Gasteiger partial charge in [-0.3, -0.25) is 0 Å². The van der Waals surface area contributed by atoms with E-state index in [1.807, 2.05) is 36.4 Å². The third-order valence-corrected chi connectivity index (χ3v) is 2.64. The molecule has 6 heteroatoms. The first-order chi connectivity index (χ1) is 10.3. The molecular formula is C15H15N5O. The van der Waals surface area contributed by atoms with Gasteiger partial charge in [-0.15, -0.1) is 0 Å². The number of hydrogen-bond acceptors (Lipinski definition) is 4. The van der Waals surface area contributed by atoms with Crippen molar-refractivity contribution >= 4 is 17.5 Å². The van der Waals surface area contributed by atoms with Crippen molar-refractivity contribution in [2.45, 2.75) is 0 Å². The molecule has 6 nitrogen and oxygen atoms in total. The van der Waals surface area contributed by atoms with Crippen molar-refractivity contribution in [1.29, 1.82) is 5.26 Å². The van der Waals surface area contributed by atoms with Crippen LogP contribution in [0.4, 0.5) is 16.3 Å². The van der Waals surface area contributed by atoms with E-state index >= 15 is 0 Å². The molecule has 0 aliphatic carbocycles.